The van der Waals surface area contributed by atoms with Crippen molar-refractivity contribution in [2.45, 2.75) is 19.1 Å². The molecule has 6 nitrogen and oxygen atoms in total. The molecule has 0 amide bonds. The first-order valence-corrected chi connectivity index (χ1v) is 6.00. The van der Waals surface area contributed by atoms with E-state index in [1.165, 1.54) is 6.33 Å². The quantitative estimate of drug-likeness (QED) is 0.638. The molecule has 1 aromatic rings. The predicted molar refractivity (Wildman–Crippen MR) is 66.1 cm³/mol. The molecular weight excluding hydrogens is 258 g/mol. The van der Waals surface area contributed by atoms with Crippen molar-refractivity contribution in [3.8, 4) is 0 Å². The number of aliphatic hydroxyl groups is 1. The number of hydrogen-bond acceptors (Lipinski definition) is 6. The van der Waals surface area contributed by atoms with Gasteiger partial charge < -0.3 is 14.7 Å². The van der Waals surface area contributed by atoms with Gasteiger partial charge in [0, 0.05) is 6.54 Å². The van der Waals surface area contributed by atoms with Crippen LogP contribution in [-0.2, 0) is 4.74 Å². The molecule has 1 aliphatic rings. The third-order valence-electron chi connectivity index (χ3n) is 2.91. The molecule has 2 heterocycles. The molecule has 0 saturated carbocycles. The average molecular weight is 272 g/mol. The summed E-state index contributed by atoms with van der Waals surface area (Å²) in [5.74, 6) is 0.485. The second kappa shape index (κ2) is 5.60. The molecule has 2 rings (SSSR count). The zero-order valence-corrected chi connectivity index (χ0v) is 10.7. The summed E-state index contributed by atoms with van der Waals surface area (Å²) >= 11 is 5.88. The Morgan fingerprint density at radius 1 is 1.67 bits per heavy atom. The Bertz CT molecular complexity index is 444. The zero-order valence-electron chi connectivity index (χ0n) is 9.91. The van der Waals surface area contributed by atoms with E-state index in [-0.39, 0.29) is 29.5 Å². The lowest BCUT2D eigenvalue weighted by atomic mass is 10.1. The van der Waals surface area contributed by atoms with Gasteiger partial charge >= 0.3 is 0 Å². The summed E-state index contributed by atoms with van der Waals surface area (Å²) in [6.45, 7) is 2.81. The van der Waals surface area contributed by atoms with E-state index < -0.39 is 0 Å². The molecule has 0 spiro atoms. The van der Waals surface area contributed by atoms with Crippen LogP contribution in [0.15, 0.2) is 6.33 Å². The van der Waals surface area contributed by atoms with Crippen LogP contribution in [0.3, 0.4) is 0 Å². The summed E-state index contributed by atoms with van der Waals surface area (Å²) in [7, 11) is 0. The number of hydrogen-bond donors (Lipinski definition) is 1. The predicted octanol–water partition coefficient (Wildman–Crippen LogP) is 0.528. The normalized spacial score (nSPS) is 24.1. The van der Waals surface area contributed by atoms with Crippen LogP contribution >= 0.6 is 11.6 Å². The smallest absolute Gasteiger partial charge is 0.156 e. The van der Waals surface area contributed by atoms with Gasteiger partial charge in [-0.1, -0.05) is 11.6 Å². The molecule has 1 saturated heterocycles. The lowest BCUT2D eigenvalue weighted by Gasteiger charge is -2.38. The van der Waals surface area contributed by atoms with E-state index in [1.807, 2.05) is 11.8 Å². The fraction of sp³-hybridized carbons (Fsp3) is 0.545. The first-order valence-electron chi connectivity index (χ1n) is 5.62. The number of carbonyl (C=O) groups is 1. The molecule has 0 aromatic carbocycles. The van der Waals surface area contributed by atoms with Gasteiger partial charge in [-0.25, -0.2) is 9.97 Å². The van der Waals surface area contributed by atoms with Gasteiger partial charge in [-0.2, -0.15) is 0 Å². The number of aldehydes is 1. The maximum absolute atomic E-state index is 11.1. The highest BCUT2D eigenvalue weighted by Gasteiger charge is 2.28. The molecule has 1 aromatic heterocycles. The van der Waals surface area contributed by atoms with E-state index in [4.69, 9.17) is 21.4 Å². The Balaban J connectivity index is 2.34. The molecule has 0 radical (unpaired) electrons. The van der Waals surface area contributed by atoms with Gasteiger partial charge in [-0.15, -0.1) is 0 Å². The molecule has 1 fully saturated rings. The highest BCUT2D eigenvalue weighted by molar-refractivity contribution is 6.32. The van der Waals surface area contributed by atoms with Crippen molar-refractivity contribution in [3.63, 3.8) is 0 Å². The van der Waals surface area contributed by atoms with Gasteiger partial charge in [0.2, 0.25) is 0 Å². The SMILES string of the molecule is CC1COC(CO)CN1c1ncnc(Cl)c1C=O. The van der Waals surface area contributed by atoms with Crippen molar-refractivity contribution < 1.29 is 14.6 Å². The van der Waals surface area contributed by atoms with Crippen molar-refractivity contribution >= 4 is 23.7 Å². The second-order valence-electron chi connectivity index (χ2n) is 4.16. The van der Waals surface area contributed by atoms with Gasteiger partial charge in [0.05, 0.1) is 30.9 Å². The number of nitrogens with zero attached hydrogens (tertiary/aromatic N) is 3. The first kappa shape index (κ1) is 13.2. The van der Waals surface area contributed by atoms with Crippen LogP contribution in [0.2, 0.25) is 5.15 Å². The Hall–Kier alpha value is -1.24. The second-order valence-corrected chi connectivity index (χ2v) is 4.52. The van der Waals surface area contributed by atoms with Crippen molar-refractivity contribution in [1.29, 1.82) is 0 Å². The number of anilines is 1. The monoisotopic (exact) mass is 271 g/mol. The summed E-state index contributed by atoms with van der Waals surface area (Å²) < 4.78 is 5.44. The van der Waals surface area contributed by atoms with E-state index in [0.29, 0.717) is 25.3 Å². The van der Waals surface area contributed by atoms with Gasteiger partial charge in [0.25, 0.3) is 0 Å². The molecule has 1 N–H and O–H groups in total. The van der Waals surface area contributed by atoms with Crippen molar-refractivity contribution in [1.82, 2.24) is 9.97 Å². The van der Waals surface area contributed by atoms with Crippen LogP contribution in [0.4, 0.5) is 5.82 Å². The first-order chi connectivity index (χ1) is 8.67. The number of aromatic nitrogens is 2. The van der Waals surface area contributed by atoms with Crippen molar-refractivity contribution in [2.24, 2.45) is 0 Å². The van der Waals surface area contributed by atoms with E-state index in [2.05, 4.69) is 9.97 Å². The van der Waals surface area contributed by atoms with Crippen LogP contribution in [0, 0.1) is 0 Å². The highest BCUT2D eigenvalue weighted by atomic mass is 35.5. The number of halogens is 1. The fourth-order valence-electron chi connectivity index (χ4n) is 1.92. The summed E-state index contributed by atoms with van der Waals surface area (Å²) in [5, 5.41) is 9.28. The summed E-state index contributed by atoms with van der Waals surface area (Å²) in [4.78, 5) is 20.9. The van der Waals surface area contributed by atoms with E-state index in [1.54, 1.807) is 0 Å². The van der Waals surface area contributed by atoms with Crippen LogP contribution < -0.4 is 4.90 Å². The number of aliphatic hydroxyl groups excluding tert-OH is 1. The molecule has 2 atom stereocenters. The Labute approximate surface area is 110 Å². The van der Waals surface area contributed by atoms with E-state index in [0.717, 1.165) is 0 Å². The van der Waals surface area contributed by atoms with Gasteiger partial charge in [0.1, 0.15) is 17.3 Å². The van der Waals surface area contributed by atoms with E-state index in [9.17, 15) is 4.79 Å². The Morgan fingerprint density at radius 3 is 3.11 bits per heavy atom. The number of ether oxygens (including phenoxy) is 1. The molecule has 0 bridgehead atoms. The summed E-state index contributed by atoms with van der Waals surface area (Å²) in [6, 6.07) is 0.0532. The maximum atomic E-state index is 11.1. The number of rotatable bonds is 3. The number of carbonyl (C=O) groups excluding carboxylic acids is 1. The van der Waals surface area contributed by atoms with Gasteiger partial charge in [0.15, 0.2) is 6.29 Å². The van der Waals surface area contributed by atoms with Crippen LogP contribution in [0.5, 0.6) is 0 Å². The molecule has 98 valence electrons. The molecule has 7 heteroatoms. The van der Waals surface area contributed by atoms with E-state index >= 15 is 0 Å². The maximum Gasteiger partial charge on any atom is 0.156 e. The minimum atomic E-state index is -0.283. The zero-order chi connectivity index (χ0) is 13.1. The fourth-order valence-corrected chi connectivity index (χ4v) is 2.09. The minimum absolute atomic E-state index is 0.0532. The average Bonchev–Trinajstić information content (AvgIpc) is 2.39. The van der Waals surface area contributed by atoms with Crippen LogP contribution in [0.25, 0.3) is 0 Å². The number of morpholine rings is 1. The largest absolute Gasteiger partial charge is 0.394 e. The molecular formula is C11H14ClN3O3. The van der Waals surface area contributed by atoms with Gasteiger partial charge in [-0.05, 0) is 6.92 Å². The Morgan fingerprint density at radius 2 is 2.44 bits per heavy atom. The standard InChI is InChI=1S/C11H14ClN3O3/c1-7-5-18-8(3-16)2-15(7)11-9(4-17)10(12)13-6-14-11/h4,6-8,16H,2-3,5H2,1H3. The van der Waals surface area contributed by atoms with Crippen molar-refractivity contribution in [3.05, 3.63) is 17.0 Å². The van der Waals surface area contributed by atoms with Gasteiger partial charge in [-0.3, -0.25) is 4.79 Å². The van der Waals surface area contributed by atoms with Crippen LogP contribution in [-0.4, -0.2) is 53.3 Å². The minimum Gasteiger partial charge on any atom is -0.394 e. The molecule has 0 aliphatic carbocycles. The summed E-state index contributed by atoms with van der Waals surface area (Å²) in [5.41, 5.74) is 0.268. The lowest BCUT2D eigenvalue weighted by molar-refractivity contribution is -0.0106. The molecule has 2 unspecified atom stereocenters. The topological polar surface area (TPSA) is 75.6 Å². The third kappa shape index (κ3) is 2.45. The summed E-state index contributed by atoms with van der Waals surface area (Å²) in [6.07, 6.45) is 1.68. The molecule has 1 aliphatic heterocycles. The van der Waals surface area contributed by atoms with Crippen molar-refractivity contribution in [2.75, 3.05) is 24.7 Å². The third-order valence-corrected chi connectivity index (χ3v) is 3.21. The molecule has 18 heavy (non-hydrogen) atoms. The Kier molecular flexibility index (Phi) is 4.11. The van der Waals surface area contributed by atoms with Crippen LogP contribution in [0.1, 0.15) is 17.3 Å². The highest BCUT2D eigenvalue weighted by Crippen LogP contribution is 2.25. The lowest BCUT2D eigenvalue weighted by Crippen LogP contribution is -2.50.